The number of carbonyl (C=O) groups is 1. The molecule has 2 aromatic rings. The zero-order chi connectivity index (χ0) is 15.5. The van der Waals surface area contributed by atoms with Crippen molar-refractivity contribution < 1.29 is 9.53 Å². The molecule has 1 heterocycles. The Labute approximate surface area is 135 Å². The topological polar surface area (TPSA) is 29.5 Å². The Morgan fingerprint density at radius 1 is 1.27 bits per heavy atom. The third-order valence-corrected chi connectivity index (χ3v) is 4.11. The minimum absolute atomic E-state index is 0.00688. The highest BCUT2D eigenvalue weighted by Crippen LogP contribution is 2.29. The lowest BCUT2D eigenvalue weighted by Crippen LogP contribution is -2.41. The minimum atomic E-state index is -0.496. The first kappa shape index (κ1) is 14.9. The van der Waals surface area contributed by atoms with Crippen molar-refractivity contribution in [3.8, 4) is 5.75 Å². The van der Waals surface area contributed by atoms with Crippen LogP contribution in [0.1, 0.15) is 18.9 Å². The fraction of sp³-hybridized carbons (Fsp3) is 0.278. The number of halogens is 1. The molecule has 1 aliphatic heterocycles. The molecule has 0 aliphatic carbocycles. The normalized spacial score (nSPS) is 14.5. The number of ether oxygens (including phenoxy) is 1. The molecule has 1 aliphatic rings. The molecule has 0 fully saturated rings. The summed E-state index contributed by atoms with van der Waals surface area (Å²) < 4.78 is 5.86. The number of rotatable bonds is 4. The molecule has 2 aromatic carbocycles. The van der Waals surface area contributed by atoms with Gasteiger partial charge in [-0.25, -0.2) is 0 Å². The van der Waals surface area contributed by atoms with E-state index < -0.39 is 6.10 Å². The van der Waals surface area contributed by atoms with Gasteiger partial charge in [-0.3, -0.25) is 4.79 Å². The van der Waals surface area contributed by atoms with Crippen LogP contribution in [-0.4, -0.2) is 18.6 Å². The Hall–Kier alpha value is -2.00. The Balaban J connectivity index is 1.78. The van der Waals surface area contributed by atoms with Crippen molar-refractivity contribution in [2.75, 3.05) is 11.4 Å². The second-order valence-electron chi connectivity index (χ2n) is 5.34. The van der Waals surface area contributed by atoms with Crippen molar-refractivity contribution in [2.24, 2.45) is 0 Å². The fourth-order valence-electron chi connectivity index (χ4n) is 2.75. The van der Waals surface area contributed by atoms with Gasteiger partial charge in [0.1, 0.15) is 5.75 Å². The first-order valence-electron chi connectivity index (χ1n) is 7.50. The third kappa shape index (κ3) is 2.95. The first-order chi connectivity index (χ1) is 10.7. The van der Waals surface area contributed by atoms with Crippen molar-refractivity contribution in [2.45, 2.75) is 25.9 Å². The maximum Gasteiger partial charge on any atom is 0.268 e. The van der Waals surface area contributed by atoms with E-state index >= 15 is 0 Å². The standard InChI is InChI=1S/C18H18ClNO2/c1-2-17(22-15-8-5-7-14(19)12-15)18(21)20-11-10-13-6-3-4-9-16(13)20/h3-9,12,17H,2,10-11H2,1H3. The summed E-state index contributed by atoms with van der Waals surface area (Å²) in [4.78, 5) is 14.6. The molecular weight excluding hydrogens is 298 g/mol. The molecule has 0 aromatic heterocycles. The van der Waals surface area contributed by atoms with E-state index in [0.29, 0.717) is 23.7 Å². The van der Waals surface area contributed by atoms with E-state index in [2.05, 4.69) is 6.07 Å². The van der Waals surface area contributed by atoms with Crippen LogP contribution >= 0.6 is 11.6 Å². The minimum Gasteiger partial charge on any atom is -0.481 e. The van der Waals surface area contributed by atoms with Crippen molar-refractivity contribution in [1.82, 2.24) is 0 Å². The number of nitrogens with zero attached hydrogens (tertiary/aromatic N) is 1. The number of anilines is 1. The van der Waals surface area contributed by atoms with Crippen molar-refractivity contribution >= 4 is 23.2 Å². The molecule has 0 saturated carbocycles. The second-order valence-corrected chi connectivity index (χ2v) is 5.78. The van der Waals surface area contributed by atoms with Gasteiger partial charge in [-0.2, -0.15) is 0 Å². The van der Waals surface area contributed by atoms with Crippen molar-refractivity contribution in [1.29, 1.82) is 0 Å². The molecule has 0 saturated heterocycles. The molecule has 1 atom stereocenters. The van der Waals surface area contributed by atoms with E-state index in [-0.39, 0.29) is 5.91 Å². The van der Waals surface area contributed by atoms with Gasteiger partial charge in [0, 0.05) is 17.3 Å². The van der Waals surface area contributed by atoms with Gasteiger partial charge in [-0.15, -0.1) is 0 Å². The molecule has 3 nitrogen and oxygen atoms in total. The van der Waals surface area contributed by atoms with E-state index in [0.717, 1.165) is 12.1 Å². The highest BCUT2D eigenvalue weighted by Gasteiger charge is 2.30. The van der Waals surface area contributed by atoms with Gasteiger partial charge in [0.25, 0.3) is 5.91 Å². The summed E-state index contributed by atoms with van der Waals surface area (Å²) in [6.45, 7) is 2.67. The molecule has 3 rings (SSSR count). The zero-order valence-corrected chi connectivity index (χ0v) is 13.2. The number of hydrogen-bond donors (Lipinski definition) is 0. The Morgan fingerprint density at radius 3 is 2.86 bits per heavy atom. The van der Waals surface area contributed by atoms with Crippen LogP contribution in [0.5, 0.6) is 5.75 Å². The first-order valence-corrected chi connectivity index (χ1v) is 7.88. The van der Waals surface area contributed by atoms with Gasteiger partial charge < -0.3 is 9.64 Å². The summed E-state index contributed by atoms with van der Waals surface area (Å²) >= 11 is 5.97. The monoisotopic (exact) mass is 315 g/mol. The highest BCUT2D eigenvalue weighted by atomic mass is 35.5. The lowest BCUT2D eigenvalue weighted by atomic mass is 10.2. The summed E-state index contributed by atoms with van der Waals surface area (Å²) in [5.41, 5.74) is 2.22. The average molecular weight is 316 g/mol. The van der Waals surface area contributed by atoms with E-state index in [1.54, 1.807) is 12.1 Å². The number of para-hydroxylation sites is 1. The molecule has 114 valence electrons. The number of carbonyl (C=O) groups excluding carboxylic acids is 1. The average Bonchev–Trinajstić information content (AvgIpc) is 2.96. The molecule has 0 spiro atoms. The van der Waals surface area contributed by atoms with Gasteiger partial charge in [0.15, 0.2) is 6.10 Å². The van der Waals surface area contributed by atoms with Crippen LogP contribution in [0.15, 0.2) is 48.5 Å². The fourth-order valence-corrected chi connectivity index (χ4v) is 2.93. The molecule has 4 heteroatoms. The summed E-state index contributed by atoms with van der Waals surface area (Å²) in [5.74, 6) is 0.632. The molecular formula is C18H18ClNO2. The largest absolute Gasteiger partial charge is 0.481 e. The van der Waals surface area contributed by atoms with Crippen LogP contribution in [0.25, 0.3) is 0 Å². The Kier molecular flexibility index (Phi) is 4.34. The van der Waals surface area contributed by atoms with Crippen LogP contribution in [0.2, 0.25) is 5.02 Å². The van der Waals surface area contributed by atoms with Crippen LogP contribution in [0.4, 0.5) is 5.69 Å². The smallest absolute Gasteiger partial charge is 0.268 e. The number of benzene rings is 2. The van der Waals surface area contributed by atoms with E-state index in [9.17, 15) is 4.79 Å². The van der Waals surface area contributed by atoms with Gasteiger partial charge in [-0.05, 0) is 42.7 Å². The summed E-state index contributed by atoms with van der Waals surface area (Å²) in [5, 5.41) is 0.603. The van der Waals surface area contributed by atoms with Crippen LogP contribution in [0, 0.1) is 0 Å². The molecule has 0 bridgehead atoms. The number of fused-ring (bicyclic) bond motifs is 1. The Morgan fingerprint density at radius 2 is 2.09 bits per heavy atom. The van der Waals surface area contributed by atoms with Gasteiger partial charge in [-0.1, -0.05) is 42.8 Å². The van der Waals surface area contributed by atoms with E-state index in [1.807, 2.05) is 42.2 Å². The predicted molar refractivity (Wildman–Crippen MR) is 88.7 cm³/mol. The summed E-state index contributed by atoms with van der Waals surface area (Å²) in [6.07, 6.45) is 1.02. The van der Waals surface area contributed by atoms with Gasteiger partial charge in [0.2, 0.25) is 0 Å². The zero-order valence-electron chi connectivity index (χ0n) is 12.5. The highest BCUT2D eigenvalue weighted by molar-refractivity contribution is 6.30. The van der Waals surface area contributed by atoms with Crippen LogP contribution in [-0.2, 0) is 11.2 Å². The van der Waals surface area contributed by atoms with Gasteiger partial charge in [0.05, 0.1) is 0 Å². The van der Waals surface area contributed by atoms with E-state index in [1.165, 1.54) is 5.56 Å². The summed E-state index contributed by atoms with van der Waals surface area (Å²) in [6, 6.07) is 15.2. The lowest BCUT2D eigenvalue weighted by molar-refractivity contribution is -0.125. The second kappa shape index (κ2) is 6.41. The van der Waals surface area contributed by atoms with Crippen LogP contribution in [0.3, 0.4) is 0 Å². The molecule has 1 amide bonds. The maximum atomic E-state index is 12.8. The van der Waals surface area contributed by atoms with E-state index in [4.69, 9.17) is 16.3 Å². The predicted octanol–water partition coefficient (Wildman–Crippen LogP) is 4.09. The lowest BCUT2D eigenvalue weighted by Gasteiger charge is -2.24. The Bertz CT molecular complexity index is 686. The molecule has 1 unspecified atom stereocenters. The third-order valence-electron chi connectivity index (χ3n) is 3.87. The molecule has 22 heavy (non-hydrogen) atoms. The van der Waals surface area contributed by atoms with Crippen LogP contribution < -0.4 is 9.64 Å². The van der Waals surface area contributed by atoms with Crippen molar-refractivity contribution in [3.63, 3.8) is 0 Å². The number of amides is 1. The molecule has 0 N–H and O–H groups in total. The SMILES string of the molecule is CCC(Oc1cccc(Cl)c1)C(=O)N1CCc2ccccc21. The molecule has 0 radical (unpaired) electrons. The quantitative estimate of drug-likeness (QED) is 0.850. The summed E-state index contributed by atoms with van der Waals surface area (Å²) in [7, 11) is 0. The van der Waals surface area contributed by atoms with Crippen molar-refractivity contribution in [3.05, 3.63) is 59.1 Å². The maximum absolute atomic E-state index is 12.8. The van der Waals surface area contributed by atoms with Gasteiger partial charge >= 0.3 is 0 Å². The number of hydrogen-bond acceptors (Lipinski definition) is 2.